The molecule has 0 aliphatic heterocycles. The lowest BCUT2D eigenvalue weighted by molar-refractivity contribution is -0.137. The van der Waals surface area contributed by atoms with Crippen molar-refractivity contribution < 1.29 is 9.90 Å². The topological polar surface area (TPSA) is 73.4 Å². The third-order valence-corrected chi connectivity index (χ3v) is 4.75. The number of carbonyl (C=O) groups is 1. The van der Waals surface area contributed by atoms with E-state index in [1.807, 2.05) is 24.1 Å². The SMILES string of the molecule is CN(CCC(=O)O)Cc1sc(=O)[nH]c1-c1ccc(C(C)(C)C)cc1. The van der Waals surface area contributed by atoms with Gasteiger partial charge in [0.25, 0.3) is 0 Å². The molecule has 0 saturated carbocycles. The number of carboxylic acids is 1. The van der Waals surface area contributed by atoms with E-state index in [4.69, 9.17) is 5.11 Å². The van der Waals surface area contributed by atoms with Gasteiger partial charge < -0.3 is 15.0 Å². The van der Waals surface area contributed by atoms with Gasteiger partial charge in [0.05, 0.1) is 12.1 Å². The molecule has 0 radical (unpaired) electrons. The summed E-state index contributed by atoms with van der Waals surface area (Å²) in [4.78, 5) is 28.2. The molecular weight excluding hydrogens is 324 g/mol. The zero-order chi connectivity index (χ0) is 17.9. The minimum Gasteiger partial charge on any atom is -0.481 e. The van der Waals surface area contributed by atoms with Crippen LogP contribution in [0.5, 0.6) is 0 Å². The Labute approximate surface area is 146 Å². The van der Waals surface area contributed by atoms with Crippen molar-refractivity contribution in [1.29, 1.82) is 0 Å². The van der Waals surface area contributed by atoms with Gasteiger partial charge >= 0.3 is 10.8 Å². The van der Waals surface area contributed by atoms with Crippen LogP contribution in [0.15, 0.2) is 29.1 Å². The van der Waals surface area contributed by atoms with Crippen LogP contribution in [-0.4, -0.2) is 34.6 Å². The summed E-state index contributed by atoms with van der Waals surface area (Å²) in [5, 5.41) is 8.78. The number of benzene rings is 1. The van der Waals surface area contributed by atoms with Crippen molar-refractivity contribution in [2.24, 2.45) is 0 Å². The van der Waals surface area contributed by atoms with Crippen molar-refractivity contribution >= 4 is 17.3 Å². The van der Waals surface area contributed by atoms with Crippen LogP contribution in [0.1, 0.15) is 37.6 Å². The molecule has 2 rings (SSSR count). The van der Waals surface area contributed by atoms with E-state index in [9.17, 15) is 9.59 Å². The third-order valence-electron chi connectivity index (χ3n) is 3.88. The Kier molecular flexibility index (Phi) is 5.62. The van der Waals surface area contributed by atoms with E-state index in [0.717, 1.165) is 16.1 Å². The first kappa shape index (κ1) is 18.4. The summed E-state index contributed by atoms with van der Waals surface area (Å²) in [7, 11) is 1.86. The summed E-state index contributed by atoms with van der Waals surface area (Å²) in [5.41, 5.74) is 3.13. The van der Waals surface area contributed by atoms with Crippen LogP contribution in [-0.2, 0) is 16.8 Å². The van der Waals surface area contributed by atoms with Gasteiger partial charge in [0.1, 0.15) is 0 Å². The van der Waals surface area contributed by atoms with Gasteiger partial charge in [-0.1, -0.05) is 56.4 Å². The number of rotatable bonds is 6. The third kappa shape index (κ3) is 4.79. The fourth-order valence-electron chi connectivity index (χ4n) is 2.45. The Bertz CT molecular complexity index is 754. The molecular formula is C18H24N2O3S. The Morgan fingerprint density at radius 1 is 1.25 bits per heavy atom. The molecule has 0 aliphatic rings. The number of hydrogen-bond acceptors (Lipinski definition) is 4. The number of carboxylic acid groups (broad SMARTS) is 1. The van der Waals surface area contributed by atoms with Gasteiger partial charge in [-0.05, 0) is 23.6 Å². The van der Waals surface area contributed by atoms with Crippen LogP contribution in [0.3, 0.4) is 0 Å². The lowest BCUT2D eigenvalue weighted by atomic mass is 9.86. The second-order valence-corrected chi connectivity index (χ2v) is 8.09. The molecule has 0 fully saturated rings. The first-order valence-electron chi connectivity index (χ1n) is 7.90. The highest BCUT2D eigenvalue weighted by atomic mass is 32.1. The van der Waals surface area contributed by atoms with E-state index in [1.54, 1.807) is 0 Å². The second-order valence-electron chi connectivity index (χ2n) is 7.02. The molecule has 1 aromatic heterocycles. The molecule has 0 aliphatic carbocycles. The summed E-state index contributed by atoms with van der Waals surface area (Å²) < 4.78 is 0. The van der Waals surface area contributed by atoms with Gasteiger partial charge in [0, 0.05) is 18.0 Å². The molecule has 24 heavy (non-hydrogen) atoms. The van der Waals surface area contributed by atoms with Crippen LogP contribution in [0, 0.1) is 0 Å². The smallest absolute Gasteiger partial charge is 0.305 e. The minimum atomic E-state index is -0.818. The minimum absolute atomic E-state index is 0.0838. The van der Waals surface area contributed by atoms with E-state index in [0.29, 0.717) is 13.1 Å². The predicted octanol–water partition coefficient (Wildman–Crippen LogP) is 3.31. The Hall–Kier alpha value is -1.92. The number of aromatic amines is 1. The quantitative estimate of drug-likeness (QED) is 0.840. The van der Waals surface area contributed by atoms with Crippen LogP contribution < -0.4 is 4.87 Å². The van der Waals surface area contributed by atoms with E-state index < -0.39 is 5.97 Å². The van der Waals surface area contributed by atoms with Gasteiger partial charge in [-0.2, -0.15) is 0 Å². The largest absolute Gasteiger partial charge is 0.481 e. The maximum Gasteiger partial charge on any atom is 0.305 e. The van der Waals surface area contributed by atoms with Crippen molar-refractivity contribution in [3.63, 3.8) is 0 Å². The standard InChI is InChI=1S/C18H24N2O3S/c1-18(2,3)13-7-5-12(6-8-13)16-14(24-17(23)19-16)11-20(4)10-9-15(21)22/h5-8H,9-11H2,1-4H3,(H,19,23)(H,21,22). The Morgan fingerprint density at radius 3 is 2.42 bits per heavy atom. The molecule has 0 unspecified atom stereocenters. The molecule has 1 heterocycles. The number of aliphatic carboxylic acids is 1. The molecule has 0 amide bonds. The maximum absolute atomic E-state index is 11.8. The van der Waals surface area contributed by atoms with E-state index >= 15 is 0 Å². The molecule has 1 aromatic carbocycles. The number of hydrogen-bond donors (Lipinski definition) is 2. The number of aromatic nitrogens is 1. The van der Waals surface area contributed by atoms with Crippen molar-refractivity contribution in [1.82, 2.24) is 9.88 Å². The lowest BCUT2D eigenvalue weighted by Crippen LogP contribution is -2.21. The summed E-state index contributed by atoms with van der Waals surface area (Å²) in [5.74, 6) is -0.818. The highest BCUT2D eigenvalue weighted by Crippen LogP contribution is 2.28. The van der Waals surface area contributed by atoms with Gasteiger partial charge in [-0.15, -0.1) is 0 Å². The number of thiazole rings is 1. The monoisotopic (exact) mass is 348 g/mol. The first-order valence-corrected chi connectivity index (χ1v) is 8.71. The summed E-state index contributed by atoms with van der Waals surface area (Å²) in [6, 6.07) is 8.23. The van der Waals surface area contributed by atoms with Crippen LogP contribution >= 0.6 is 11.3 Å². The molecule has 0 bridgehead atoms. The number of nitrogens with one attached hydrogen (secondary N) is 1. The zero-order valence-corrected chi connectivity index (χ0v) is 15.4. The highest BCUT2D eigenvalue weighted by molar-refractivity contribution is 7.09. The van der Waals surface area contributed by atoms with Crippen LogP contribution in [0.4, 0.5) is 0 Å². The number of nitrogens with zero attached hydrogens (tertiary/aromatic N) is 1. The van der Waals surface area contributed by atoms with E-state index in [-0.39, 0.29) is 16.7 Å². The molecule has 130 valence electrons. The van der Waals surface area contributed by atoms with Gasteiger partial charge in [-0.25, -0.2) is 0 Å². The van der Waals surface area contributed by atoms with Crippen molar-refractivity contribution in [3.8, 4) is 11.3 Å². The molecule has 2 N–H and O–H groups in total. The number of H-pyrrole nitrogens is 1. The van der Waals surface area contributed by atoms with Crippen molar-refractivity contribution in [3.05, 3.63) is 44.4 Å². The molecule has 0 spiro atoms. The van der Waals surface area contributed by atoms with Gasteiger partial charge in [0.15, 0.2) is 0 Å². The van der Waals surface area contributed by atoms with Crippen LogP contribution in [0.25, 0.3) is 11.3 Å². The van der Waals surface area contributed by atoms with Gasteiger partial charge in [0.2, 0.25) is 0 Å². The highest BCUT2D eigenvalue weighted by Gasteiger charge is 2.16. The van der Waals surface area contributed by atoms with Crippen molar-refractivity contribution in [2.75, 3.05) is 13.6 Å². The fraction of sp³-hybridized carbons (Fsp3) is 0.444. The normalized spacial score (nSPS) is 11.9. The summed E-state index contributed by atoms with van der Waals surface area (Å²) in [6.45, 7) is 7.49. The molecule has 6 heteroatoms. The Balaban J connectivity index is 2.22. The van der Waals surface area contributed by atoms with Gasteiger partial charge in [-0.3, -0.25) is 9.59 Å². The summed E-state index contributed by atoms with van der Waals surface area (Å²) in [6.07, 6.45) is 0.0887. The van der Waals surface area contributed by atoms with Crippen molar-refractivity contribution in [2.45, 2.75) is 39.2 Å². The molecule has 5 nitrogen and oxygen atoms in total. The average molecular weight is 348 g/mol. The second kappa shape index (κ2) is 7.32. The first-order chi connectivity index (χ1) is 11.2. The molecule has 0 saturated heterocycles. The fourth-order valence-corrected chi connectivity index (χ4v) is 3.39. The van der Waals surface area contributed by atoms with Crippen LogP contribution in [0.2, 0.25) is 0 Å². The average Bonchev–Trinajstić information content (AvgIpc) is 2.85. The molecule has 2 aromatic rings. The van der Waals surface area contributed by atoms with E-state index in [2.05, 4.69) is 37.9 Å². The molecule has 0 atom stereocenters. The maximum atomic E-state index is 11.8. The zero-order valence-electron chi connectivity index (χ0n) is 14.5. The lowest BCUT2D eigenvalue weighted by Gasteiger charge is -2.19. The predicted molar refractivity (Wildman–Crippen MR) is 97.7 cm³/mol. The Morgan fingerprint density at radius 2 is 1.88 bits per heavy atom. The summed E-state index contributed by atoms with van der Waals surface area (Å²) >= 11 is 1.18. The van der Waals surface area contributed by atoms with E-state index in [1.165, 1.54) is 16.9 Å².